The molecule has 0 aromatic heterocycles. The second kappa shape index (κ2) is 10.7. The summed E-state index contributed by atoms with van der Waals surface area (Å²) in [7, 11) is 1.57. The second-order valence-electron chi connectivity index (χ2n) is 8.38. The third-order valence-electron chi connectivity index (χ3n) is 5.99. The van der Waals surface area contributed by atoms with Crippen LogP contribution in [-0.4, -0.2) is 24.3 Å². The van der Waals surface area contributed by atoms with Crippen molar-refractivity contribution in [1.82, 2.24) is 5.43 Å². The molecule has 5 aromatic carbocycles. The van der Waals surface area contributed by atoms with E-state index in [1.54, 1.807) is 25.3 Å². The molecule has 0 bridgehead atoms. The van der Waals surface area contributed by atoms with Gasteiger partial charge >= 0.3 is 0 Å². The van der Waals surface area contributed by atoms with Crippen LogP contribution < -0.4 is 14.9 Å². The Labute approximate surface area is 222 Å². The Balaban J connectivity index is 1.31. The number of phenols is 1. The smallest absolute Gasteiger partial charge is 0.275 e. The molecule has 0 aliphatic heterocycles. The van der Waals surface area contributed by atoms with Gasteiger partial charge in [0.1, 0.15) is 12.4 Å². The molecule has 0 unspecified atom stereocenters. The molecule has 1 amide bonds. The first-order valence-corrected chi connectivity index (χ1v) is 12.3. The summed E-state index contributed by atoms with van der Waals surface area (Å²) < 4.78 is 12.4. The van der Waals surface area contributed by atoms with Gasteiger partial charge in [0.15, 0.2) is 11.5 Å². The molecule has 0 fully saturated rings. The average molecular weight is 555 g/mol. The van der Waals surface area contributed by atoms with E-state index >= 15 is 0 Å². The number of amides is 1. The predicted octanol–water partition coefficient (Wildman–Crippen LogP) is 6.81. The van der Waals surface area contributed by atoms with Crippen molar-refractivity contribution < 1.29 is 19.4 Å². The van der Waals surface area contributed by atoms with Gasteiger partial charge < -0.3 is 14.6 Å². The number of fused-ring (bicyclic) bond motifs is 2. The van der Waals surface area contributed by atoms with Gasteiger partial charge in [-0.15, -0.1) is 0 Å². The largest absolute Gasteiger partial charge is 0.507 e. The number of ether oxygens (including phenoxy) is 2. The number of nitrogens with zero attached hydrogens (tertiary/aromatic N) is 1. The normalized spacial score (nSPS) is 11.2. The van der Waals surface area contributed by atoms with Gasteiger partial charge in [-0.05, 0) is 72.9 Å². The highest BCUT2D eigenvalue weighted by Gasteiger charge is 2.14. The molecule has 0 radical (unpaired) electrons. The first-order valence-electron chi connectivity index (χ1n) is 11.6. The van der Waals surface area contributed by atoms with Crippen molar-refractivity contribution in [3.8, 4) is 17.2 Å². The number of phenolic OH excluding ortho intramolecular Hbond substituents is 1. The number of hydrazone groups is 1. The maximum atomic E-state index is 12.6. The lowest BCUT2D eigenvalue weighted by Crippen LogP contribution is -2.17. The molecule has 2 N–H and O–H groups in total. The summed E-state index contributed by atoms with van der Waals surface area (Å²) in [4.78, 5) is 12.6. The number of carbonyl (C=O) groups excluding carboxylic acids is 1. The van der Waals surface area contributed by atoms with Crippen LogP contribution in [0, 0.1) is 0 Å². The van der Waals surface area contributed by atoms with Crippen molar-refractivity contribution >= 4 is 49.6 Å². The van der Waals surface area contributed by atoms with E-state index in [-0.39, 0.29) is 11.3 Å². The number of halogens is 1. The number of methoxy groups -OCH3 is 1. The van der Waals surface area contributed by atoms with Crippen LogP contribution in [-0.2, 0) is 6.61 Å². The molecule has 184 valence electrons. The van der Waals surface area contributed by atoms with Crippen molar-refractivity contribution in [3.63, 3.8) is 0 Å². The fourth-order valence-electron chi connectivity index (χ4n) is 4.16. The second-order valence-corrected chi connectivity index (χ2v) is 9.23. The highest BCUT2D eigenvalue weighted by Crippen LogP contribution is 2.37. The van der Waals surface area contributed by atoms with Crippen LogP contribution in [0.25, 0.3) is 21.5 Å². The Morgan fingerprint density at radius 3 is 2.43 bits per heavy atom. The molecule has 0 saturated heterocycles. The Morgan fingerprint density at radius 1 is 0.946 bits per heavy atom. The summed E-state index contributed by atoms with van der Waals surface area (Å²) >= 11 is 3.57. The highest BCUT2D eigenvalue weighted by atomic mass is 79.9. The molecular formula is C30H23BrN2O4. The first-order chi connectivity index (χ1) is 18.0. The molecule has 5 aromatic rings. The molecule has 0 aliphatic carbocycles. The summed E-state index contributed by atoms with van der Waals surface area (Å²) in [5.74, 6) is 0.469. The van der Waals surface area contributed by atoms with Crippen molar-refractivity contribution in [2.24, 2.45) is 5.10 Å². The number of hydrogen-bond donors (Lipinski definition) is 2. The number of benzene rings is 5. The zero-order chi connectivity index (χ0) is 25.8. The molecule has 37 heavy (non-hydrogen) atoms. The van der Waals surface area contributed by atoms with Crippen LogP contribution in [0.3, 0.4) is 0 Å². The molecule has 0 heterocycles. The summed E-state index contributed by atoms with van der Waals surface area (Å²) in [6.45, 7) is 0.370. The van der Waals surface area contributed by atoms with Crippen molar-refractivity contribution in [2.45, 2.75) is 6.61 Å². The van der Waals surface area contributed by atoms with Gasteiger partial charge in [-0.25, -0.2) is 5.43 Å². The lowest BCUT2D eigenvalue weighted by atomic mass is 10.1. The maximum absolute atomic E-state index is 12.6. The highest BCUT2D eigenvalue weighted by molar-refractivity contribution is 9.10. The van der Waals surface area contributed by atoms with Gasteiger partial charge in [0.05, 0.1) is 23.4 Å². The van der Waals surface area contributed by atoms with Crippen molar-refractivity contribution in [2.75, 3.05) is 7.11 Å². The monoisotopic (exact) mass is 554 g/mol. The molecule has 0 saturated carbocycles. The van der Waals surface area contributed by atoms with Crippen LogP contribution in [0.5, 0.6) is 17.2 Å². The SMILES string of the molecule is COc1cc(C=NNC(=O)c2cc3ccccc3cc2O)cc(Br)c1OCc1cccc2ccccc12. The van der Waals surface area contributed by atoms with Gasteiger partial charge in [0.25, 0.3) is 5.91 Å². The maximum Gasteiger partial charge on any atom is 0.275 e. The number of aromatic hydroxyl groups is 1. The van der Waals surface area contributed by atoms with Crippen LogP contribution in [0.1, 0.15) is 21.5 Å². The molecule has 0 atom stereocenters. The lowest BCUT2D eigenvalue weighted by Gasteiger charge is -2.14. The molecule has 7 heteroatoms. The molecule has 6 nitrogen and oxygen atoms in total. The molecular weight excluding hydrogens is 532 g/mol. The minimum atomic E-state index is -0.513. The number of rotatable bonds is 7. The average Bonchev–Trinajstić information content (AvgIpc) is 2.91. The topological polar surface area (TPSA) is 80.2 Å². The Kier molecular flexibility index (Phi) is 7.05. The summed E-state index contributed by atoms with van der Waals surface area (Å²) in [6, 6.07) is 28.6. The van der Waals surface area contributed by atoms with Crippen LogP contribution in [0.2, 0.25) is 0 Å². The minimum absolute atomic E-state index is 0.108. The van der Waals surface area contributed by atoms with E-state index in [0.29, 0.717) is 28.1 Å². The number of hydrogen-bond acceptors (Lipinski definition) is 5. The number of carbonyl (C=O) groups is 1. The summed E-state index contributed by atoms with van der Waals surface area (Å²) in [5, 5.41) is 18.3. The fourth-order valence-corrected chi connectivity index (χ4v) is 4.73. The van der Waals surface area contributed by atoms with Crippen molar-refractivity contribution in [3.05, 3.63) is 112 Å². The van der Waals surface area contributed by atoms with Gasteiger partial charge in [0, 0.05) is 0 Å². The van der Waals surface area contributed by atoms with E-state index in [4.69, 9.17) is 9.47 Å². The van der Waals surface area contributed by atoms with E-state index < -0.39 is 5.91 Å². The van der Waals surface area contributed by atoms with Gasteiger partial charge in [0.2, 0.25) is 0 Å². The minimum Gasteiger partial charge on any atom is -0.507 e. The van der Waals surface area contributed by atoms with E-state index in [1.807, 2.05) is 54.6 Å². The van der Waals surface area contributed by atoms with E-state index in [1.165, 1.54) is 6.21 Å². The summed E-state index contributed by atoms with van der Waals surface area (Å²) in [6.07, 6.45) is 1.50. The van der Waals surface area contributed by atoms with Gasteiger partial charge in [-0.2, -0.15) is 5.10 Å². The van der Waals surface area contributed by atoms with Gasteiger partial charge in [-0.3, -0.25) is 4.79 Å². The van der Waals surface area contributed by atoms with E-state index in [0.717, 1.165) is 27.1 Å². The van der Waals surface area contributed by atoms with E-state index in [9.17, 15) is 9.90 Å². The Morgan fingerprint density at radius 2 is 1.65 bits per heavy atom. The van der Waals surface area contributed by atoms with Crippen LogP contribution >= 0.6 is 15.9 Å². The van der Waals surface area contributed by atoms with Gasteiger partial charge in [-0.1, -0.05) is 66.7 Å². The van der Waals surface area contributed by atoms with Crippen molar-refractivity contribution in [1.29, 1.82) is 0 Å². The van der Waals surface area contributed by atoms with Crippen LogP contribution in [0.4, 0.5) is 0 Å². The molecule has 5 rings (SSSR count). The number of nitrogens with one attached hydrogen (secondary N) is 1. The quantitative estimate of drug-likeness (QED) is 0.171. The fraction of sp³-hybridized carbons (Fsp3) is 0.0667. The predicted molar refractivity (Wildman–Crippen MR) is 150 cm³/mol. The lowest BCUT2D eigenvalue weighted by molar-refractivity contribution is 0.0952. The Bertz CT molecular complexity index is 1640. The summed E-state index contributed by atoms with van der Waals surface area (Å²) in [5.41, 5.74) is 4.37. The standard InChI is InChI=1S/C30H23BrN2O4/c1-36-28-14-19(17-32-33-30(35)25-15-21-8-2-3-9-22(21)16-27(25)34)13-26(31)29(28)37-18-23-11-6-10-20-7-4-5-12-24(20)23/h2-17,34H,18H2,1H3,(H,33,35). The van der Waals surface area contributed by atoms with Crippen LogP contribution in [0.15, 0.2) is 101 Å². The molecule has 0 spiro atoms. The third-order valence-corrected chi connectivity index (χ3v) is 6.58. The van der Waals surface area contributed by atoms with E-state index in [2.05, 4.69) is 44.7 Å². The first kappa shape index (κ1) is 24.3. The molecule has 0 aliphatic rings. The third kappa shape index (κ3) is 5.27. The zero-order valence-electron chi connectivity index (χ0n) is 19.9. The Hall–Kier alpha value is -4.36. The zero-order valence-corrected chi connectivity index (χ0v) is 21.5.